The molecule has 0 amide bonds. The van der Waals surface area contributed by atoms with Gasteiger partial charge in [-0.15, -0.1) is 0 Å². The first kappa shape index (κ1) is 11.6. The van der Waals surface area contributed by atoms with E-state index in [0.29, 0.717) is 11.3 Å². The van der Waals surface area contributed by atoms with Crippen molar-refractivity contribution in [3.8, 4) is 5.75 Å². The molecule has 0 radical (unpaired) electrons. The van der Waals surface area contributed by atoms with Crippen molar-refractivity contribution in [2.45, 2.75) is 27.2 Å². The maximum Gasteiger partial charge on any atom is 0.124 e. The number of phenols is 1. The number of nitrogens with zero attached hydrogens (tertiary/aromatic N) is 1. The third-order valence-electron chi connectivity index (χ3n) is 2.61. The van der Waals surface area contributed by atoms with Crippen LogP contribution in [0.3, 0.4) is 0 Å². The van der Waals surface area contributed by atoms with Crippen molar-refractivity contribution in [2.24, 2.45) is 11.1 Å². The molecule has 1 unspecified atom stereocenters. The van der Waals surface area contributed by atoms with Gasteiger partial charge >= 0.3 is 0 Å². The monoisotopic (exact) mass is 207 g/mol. The van der Waals surface area contributed by atoms with Crippen molar-refractivity contribution in [1.29, 1.82) is 0 Å². The fraction of sp³-hybridized carbons (Fsp3) is 0.417. The number of benzene rings is 1. The molecule has 3 nitrogen and oxygen atoms in total. The molecule has 0 saturated carbocycles. The van der Waals surface area contributed by atoms with Crippen molar-refractivity contribution < 1.29 is 10.3 Å². The van der Waals surface area contributed by atoms with Crippen molar-refractivity contribution >= 4 is 5.71 Å². The molecule has 15 heavy (non-hydrogen) atoms. The number of hydrogen-bond acceptors (Lipinski definition) is 3. The van der Waals surface area contributed by atoms with E-state index in [1.807, 2.05) is 32.9 Å². The van der Waals surface area contributed by atoms with Gasteiger partial charge in [0.2, 0.25) is 0 Å². The first-order valence-electron chi connectivity index (χ1n) is 5.12. The third-order valence-corrected chi connectivity index (χ3v) is 2.61. The zero-order chi connectivity index (χ0) is 11.4. The molecular weight excluding hydrogens is 190 g/mol. The number of aryl methyl sites for hydroxylation is 1. The van der Waals surface area contributed by atoms with Crippen LogP contribution in [0.1, 0.15) is 31.4 Å². The van der Waals surface area contributed by atoms with Crippen LogP contribution in [0.25, 0.3) is 0 Å². The summed E-state index contributed by atoms with van der Waals surface area (Å²) in [6.07, 6.45) is 0.868. The summed E-state index contributed by atoms with van der Waals surface area (Å²) in [4.78, 5) is 0. The Hall–Kier alpha value is -1.51. The molecule has 3 heteroatoms. The summed E-state index contributed by atoms with van der Waals surface area (Å²) in [6, 6.07) is 5.28. The van der Waals surface area contributed by atoms with Gasteiger partial charge in [-0.1, -0.05) is 30.6 Å². The number of phenolic OH excluding ortho intramolecular Hbond substituents is 1. The fourth-order valence-corrected chi connectivity index (χ4v) is 1.47. The van der Waals surface area contributed by atoms with Crippen LogP contribution in [0.2, 0.25) is 0 Å². The second-order valence-corrected chi connectivity index (χ2v) is 3.82. The van der Waals surface area contributed by atoms with Gasteiger partial charge in [0.25, 0.3) is 0 Å². The van der Waals surface area contributed by atoms with E-state index in [0.717, 1.165) is 12.0 Å². The van der Waals surface area contributed by atoms with E-state index in [4.69, 9.17) is 5.21 Å². The maximum absolute atomic E-state index is 9.69. The molecule has 0 aliphatic heterocycles. The van der Waals surface area contributed by atoms with Crippen molar-refractivity contribution in [3.05, 3.63) is 29.3 Å². The lowest BCUT2D eigenvalue weighted by molar-refractivity contribution is 0.315. The molecule has 0 aliphatic carbocycles. The smallest absolute Gasteiger partial charge is 0.124 e. The van der Waals surface area contributed by atoms with E-state index in [1.54, 1.807) is 6.07 Å². The highest BCUT2D eigenvalue weighted by atomic mass is 16.4. The molecule has 0 heterocycles. The largest absolute Gasteiger partial charge is 0.507 e. The normalized spacial score (nSPS) is 13.9. The lowest BCUT2D eigenvalue weighted by Crippen LogP contribution is -2.12. The fourth-order valence-electron chi connectivity index (χ4n) is 1.47. The summed E-state index contributed by atoms with van der Waals surface area (Å²) in [5.74, 6) is 0.288. The van der Waals surface area contributed by atoms with Crippen LogP contribution < -0.4 is 0 Å². The summed E-state index contributed by atoms with van der Waals surface area (Å²) < 4.78 is 0. The van der Waals surface area contributed by atoms with Crippen LogP contribution in [0.15, 0.2) is 23.4 Å². The Balaban J connectivity index is 3.18. The third kappa shape index (κ3) is 2.49. The van der Waals surface area contributed by atoms with Gasteiger partial charge in [0.15, 0.2) is 0 Å². The van der Waals surface area contributed by atoms with Crippen molar-refractivity contribution in [3.63, 3.8) is 0 Å². The lowest BCUT2D eigenvalue weighted by atomic mass is 9.94. The number of aromatic hydroxyl groups is 1. The second-order valence-electron chi connectivity index (χ2n) is 3.82. The predicted molar refractivity (Wildman–Crippen MR) is 60.6 cm³/mol. The van der Waals surface area contributed by atoms with Crippen molar-refractivity contribution in [1.82, 2.24) is 0 Å². The highest BCUT2D eigenvalue weighted by molar-refractivity contribution is 6.03. The van der Waals surface area contributed by atoms with Gasteiger partial charge in [0.05, 0.1) is 5.71 Å². The minimum Gasteiger partial charge on any atom is -0.507 e. The van der Waals surface area contributed by atoms with E-state index in [9.17, 15) is 5.11 Å². The SMILES string of the molecule is CCC(C)C(=NO)c1cc(C)ccc1O. The molecule has 1 aromatic carbocycles. The molecule has 82 valence electrons. The molecule has 0 saturated heterocycles. The summed E-state index contributed by atoms with van der Waals surface area (Å²) in [5, 5.41) is 21.9. The topological polar surface area (TPSA) is 52.8 Å². The molecule has 1 aromatic rings. The van der Waals surface area contributed by atoms with Crippen LogP contribution >= 0.6 is 0 Å². The van der Waals surface area contributed by atoms with Crippen LogP contribution in [-0.2, 0) is 0 Å². The van der Waals surface area contributed by atoms with Gasteiger partial charge in [-0.05, 0) is 25.5 Å². The Bertz CT molecular complexity index is 372. The first-order valence-corrected chi connectivity index (χ1v) is 5.12. The van der Waals surface area contributed by atoms with Gasteiger partial charge in [-0.3, -0.25) is 0 Å². The standard InChI is InChI=1S/C12H17NO2/c1-4-9(3)12(13-15)10-7-8(2)5-6-11(10)14/h5-7,9,14-15H,4H2,1-3H3. The number of rotatable bonds is 3. The van der Waals surface area contributed by atoms with Gasteiger partial charge in [0.1, 0.15) is 5.75 Å². The molecule has 1 rings (SSSR count). The molecule has 0 fully saturated rings. The minimum absolute atomic E-state index is 0.127. The van der Waals surface area contributed by atoms with Gasteiger partial charge < -0.3 is 10.3 Å². The van der Waals surface area contributed by atoms with Crippen LogP contribution in [0.5, 0.6) is 5.75 Å². The predicted octanol–water partition coefficient (Wildman–Crippen LogP) is 2.93. The zero-order valence-electron chi connectivity index (χ0n) is 9.36. The molecule has 2 N–H and O–H groups in total. The van der Waals surface area contributed by atoms with E-state index in [-0.39, 0.29) is 11.7 Å². The first-order chi connectivity index (χ1) is 7.10. The number of hydrogen-bond donors (Lipinski definition) is 2. The summed E-state index contributed by atoms with van der Waals surface area (Å²) in [7, 11) is 0. The molecule has 0 spiro atoms. The Labute approximate surface area is 90.1 Å². The average Bonchev–Trinajstić information content (AvgIpc) is 2.23. The molecule has 0 bridgehead atoms. The Morgan fingerprint density at radius 1 is 1.47 bits per heavy atom. The van der Waals surface area contributed by atoms with Gasteiger partial charge in [-0.2, -0.15) is 0 Å². The molecular formula is C12H17NO2. The minimum atomic E-state index is 0.127. The van der Waals surface area contributed by atoms with Crippen LogP contribution in [-0.4, -0.2) is 16.0 Å². The van der Waals surface area contributed by atoms with E-state index in [2.05, 4.69) is 5.16 Å². The Morgan fingerprint density at radius 3 is 2.67 bits per heavy atom. The van der Waals surface area contributed by atoms with Crippen LogP contribution in [0, 0.1) is 12.8 Å². The Morgan fingerprint density at radius 2 is 2.13 bits per heavy atom. The quantitative estimate of drug-likeness (QED) is 0.455. The highest BCUT2D eigenvalue weighted by Gasteiger charge is 2.15. The summed E-state index contributed by atoms with van der Waals surface area (Å²) in [6.45, 7) is 5.92. The average molecular weight is 207 g/mol. The molecule has 0 aliphatic rings. The zero-order valence-corrected chi connectivity index (χ0v) is 9.36. The molecule has 0 aromatic heterocycles. The van der Waals surface area contributed by atoms with Crippen LogP contribution in [0.4, 0.5) is 0 Å². The second kappa shape index (κ2) is 4.82. The van der Waals surface area contributed by atoms with Gasteiger partial charge in [0, 0.05) is 11.5 Å². The maximum atomic E-state index is 9.69. The van der Waals surface area contributed by atoms with E-state index < -0.39 is 0 Å². The van der Waals surface area contributed by atoms with Crippen molar-refractivity contribution in [2.75, 3.05) is 0 Å². The number of oxime groups is 1. The summed E-state index contributed by atoms with van der Waals surface area (Å²) >= 11 is 0. The van der Waals surface area contributed by atoms with E-state index in [1.165, 1.54) is 0 Å². The Kier molecular flexibility index (Phi) is 3.72. The lowest BCUT2D eigenvalue weighted by Gasteiger charge is -2.12. The highest BCUT2D eigenvalue weighted by Crippen LogP contribution is 2.23. The van der Waals surface area contributed by atoms with E-state index >= 15 is 0 Å². The summed E-state index contributed by atoms with van der Waals surface area (Å²) in [5.41, 5.74) is 2.19. The molecule has 1 atom stereocenters. The van der Waals surface area contributed by atoms with Gasteiger partial charge in [-0.25, -0.2) is 0 Å².